The number of allylic oxidation sites excluding steroid dienone is 1. The molecule has 11 nitrogen and oxygen atoms in total. The number of imide groups is 1. The van der Waals surface area contributed by atoms with E-state index in [0.29, 0.717) is 10.5 Å². The number of amides is 3. The highest BCUT2D eigenvalue weighted by molar-refractivity contribution is 5.93. The largest absolute Gasteiger partial charge is 0.465 e. The van der Waals surface area contributed by atoms with Gasteiger partial charge in [-0.1, -0.05) is 0 Å². The van der Waals surface area contributed by atoms with Crippen molar-refractivity contribution in [1.82, 2.24) is 15.2 Å². The summed E-state index contributed by atoms with van der Waals surface area (Å²) in [5.74, 6) is 0.0939. The molecule has 2 N–H and O–H groups in total. The molecule has 1 aromatic heterocycles. The summed E-state index contributed by atoms with van der Waals surface area (Å²) < 4.78 is 5.33. The van der Waals surface area contributed by atoms with E-state index in [9.17, 15) is 30.1 Å². The topological polar surface area (TPSA) is 163 Å². The van der Waals surface area contributed by atoms with Gasteiger partial charge in [0.25, 0.3) is 5.69 Å². The maximum Gasteiger partial charge on any atom is 0.416 e. The van der Waals surface area contributed by atoms with E-state index in [1.165, 1.54) is 31.2 Å². The lowest BCUT2D eigenvalue weighted by atomic mass is 9.96. The van der Waals surface area contributed by atoms with E-state index in [2.05, 4.69) is 10.3 Å². The lowest BCUT2D eigenvalue weighted by Gasteiger charge is -2.31. The number of nitro groups is 1. The average molecular weight is 369 g/mol. The van der Waals surface area contributed by atoms with E-state index in [1.54, 1.807) is 0 Å². The molecule has 1 aliphatic rings. The SMILES string of the molecule is CC1=C(C#N)C(c2ncoc2-c2ccc([N+](=O)[O-])cc2)N(C(=O)O)C(=O)N1. The van der Waals surface area contributed by atoms with Gasteiger partial charge in [0.15, 0.2) is 12.2 Å². The van der Waals surface area contributed by atoms with Crippen molar-refractivity contribution in [3.63, 3.8) is 0 Å². The Bertz CT molecular complexity index is 1020. The minimum absolute atomic E-state index is 0.0194. The van der Waals surface area contributed by atoms with Crippen molar-refractivity contribution < 1.29 is 24.0 Å². The van der Waals surface area contributed by atoms with Crippen LogP contribution in [0.15, 0.2) is 46.3 Å². The molecule has 1 unspecified atom stereocenters. The highest BCUT2D eigenvalue weighted by atomic mass is 16.6. The van der Waals surface area contributed by atoms with Gasteiger partial charge in [-0.2, -0.15) is 5.26 Å². The van der Waals surface area contributed by atoms with Crippen LogP contribution in [0.4, 0.5) is 15.3 Å². The van der Waals surface area contributed by atoms with Gasteiger partial charge >= 0.3 is 12.1 Å². The van der Waals surface area contributed by atoms with Gasteiger partial charge < -0.3 is 14.8 Å². The first-order chi connectivity index (χ1) is 12.8. The zero-order chi connectivity index (χ0) is 19.7. The molecule has 27 heavy (non-hydrogen) atoms. The van der Waals surface area contributed by atoms with E-state index >= 15 is 0 Å². The summed E-state index contributed by atoms with van der Waals surface area (Å²) in [5.41, 5.74) is 0.436. The number of nitriles is 1. The summed E-state index contributed by atoms with van der Waals surface area (Å²) in [5, 5.41) is 32.0. The van der Waals surface area contributed by atoms with Crippen molar-refractivity contribution in [2.24, 2.45) is 0 Å². The average Bonchev–Trinajstić information content (AvgIpc) is 3.10. The third-order valence-electron chi connectivity index (χ3n) is 3.97. The zero-order valence-electron chi connectivity index (χ0n) is 13.7. The number of carboxylic acid groups (broad SMARTS) is 1. The number of benzene rings is 1. The Balaban J connectivity index is 2.15. The summed E-state index contributed by atoms with van der Waals surface area (Å²) >= 11 is 0. The number of nitro benzene ring substituents is 1. The van der Waals surface area contributed by atoms with Crippen LogP contribution in [0.1, 0.15) is 18.7 Å². The van der Waals surface area contributed by atoms with Crippen LogP contribution < -0.4 is 5.32 Å². The second-order valence-corrected chi connectivity index (χ2v) is 5.51. The van der Waals surface area contributed by atoms with Crippen molar-refractivity contribution >= 4 is 17.8 Å². The Morgan fingerprint density at radius 1 is 1.44 bits per heavy atom. The first-order valence-corrected chi connectivity index (χ1v) is 7.47. The van der Waals surface area contributed by atoms with Crippen molar-refractivity contribution in [3.8, 4) is 17.4 Å². The second-order valence-electron chi connectivity index (χ2n) is 5.51. The molecule has 0 bridgehead atoms. The number of urea groups is 1. The van der Waals surface area contributed by atoms with Crippen LogP contribution in [0.5, 0.6) is 0 Å². The molecular weight excluding hydrogens is 358 g/mol. The second kappa shape index (κ2) is 6.60. The van der Waals surface area contributed by atoms with Crippen LogP contribution in [0.3, 0.4) is 0 Å². The molecule has 0 fully saturated rings. The highest BCUT2D eigenvalue weighted by Crippen LogP contribution is 2.38. The summed E-state index contributed by atoms with van der Waals surface area (Å²) in [6.07, 6.45) is -0.529. The lowest BCUT2D eigenvalue weighted by molar-refractivity contribution is -0.384. The van der Waals surface area contributed by atoms with Crippen LogP contribution in [0.2, 0.25) is 0 Å². The molecule has 11 heteroatoms. The molecule has 136 valence electrons. The minimum atomic E-state index is -1.57. The van der Waals surface area contributed by atoms with Crippen LogP contribution in [0, 0.1) is 21.4 Å². The molecule has 0 spiro atoms. The van der Waals surface area contributed by atoms with Gasteiger partial charge in [0.05, 0.1) is 16.6 Å². The van der Waals surface area contributed by atoms with Crippen molar-refractivity contribution in [2.75, 3.05) is 0 Å². The molecule has 2 aromatic rings. The Morgan fingerprint density at radius 2 is 2.11 bits per heavy atom. The number of carbonyl (C=O) groups excluding carboxylic acids is 1. The summed E-state index contributed by atoms with van der Waals surface area (Å²) in [6.45, 7) is 1.47. The molecular formula is C16H11N5O6. The van der Waals surface area contributed by atoms with E-state index in [1.807, 2.05) is 6.07 Å². The normalized spacial score (nSPS) is 16.7. The number of non-ortho nitro benzene ring substituents is 1. The Labute approximate surface area is 151 Å². The molecule has 1 atom stereocenters. The number of rotatable bonds is 3. The molecule has 1 aromatic carbocycles. The predicted molar refractivity (Wildman–Crippen MR) is 88.0 cm³/mol. The van der Waals surface area contributed by atoms with Gasteiger partial charge in [-0.05, 0) is 19.1 Å². The maximum atomic E-state index is 12.1. The quantitative estimate of drug-likeness (QED) is 0.616. The van der Waals surface area contributed by atoms with E-state index in [-0.39, 0.29) is 28.4 Å². The van der Waals surface area contributed by atoms with Gasteiger partial charge in [-0.3, -0.25) is 10.1 Å². The molecule has 0 saturated carbocycles. The Hall–Kier alpha value is -4.20. The number of hydrogen-bond donors (Lipinski definition) is 2. The first kappa shape index (κ1) is 17.6. The number of hydrogen-bond acceptors (Lipinski definition) is 7. The van der Waals surface area contributed by atoms with Crippen LogP contribution in [0.25, 0.3) is 11.3 Å². The summed E-state index contributed by atoms with van der Waals surface area (Å²) in [7, 11) is 0. The zero-order valence-corrected chi connectivity index (χ0v) is 13.7. The molecule has 2 heterocycles. The number of carbonyl (C=O) groups is 2. The fourth-order valence-corrected chi connectivity index (χ4v) is 2.74. The number of nitrogens with one attached hydrogen (secondary N) is 1. The number of oxazole rings is 1. The molecule has 3 rings (SSSR count). The third-order valence-corrected chi connectivity index (χ3v) is 3.97. The van der Waals surface area contributed by atoms with Gasteiger partial charge in [0.1, 0.15) is 11.7 Å². The number of nitrogens with zero attached hydrogens (tertiary/aromatic N) is 4. The fraction of sp³-hybridized carbons (Fsp3) is 0.125. The Kier molecular flexibility index (Phi) is 4.31. The van der Waals surface area contributed by atoms with Crippen LogP contribution in [-0.4, -0.2) is 32.0 Å². The van der Waals surface area contributed by atoms with Crippen LogP contribution in [-0.2, 0) is 0 Å². The molecule has 0 aliphatic carbocycles. The van der Waals surface area contributed by atoms with Gasteiger partial charge in [0, 0.05) is 23.4 Å². The highest BCUT2D eigenvalue weighted by Gasteiger charge is 2.42. The minimum Gasteiger partial charge on any atom is -0.465 e. The van der Waals surface area contributed by atoms with E-state index in [4.69, 9.17) is 4.42 Å². The maximum absolute atomic E-state index is 12.1. The molecule has 1 aliphatic heterocycles. The molecule has 3 amide bonds. The standard InChI is InChI=1S/C16H11N5O6/c1-8-11(6-17)13(20(16(23)24)15(22)19-8)12-14(27-7-18-12)9-2-4-10(5-3-9)21(25)26/h2-5,7,13H,1H3,(H,19,22)(H,23,24). The molecule has 0 radical (unpaired) electrons. The van der Waals surface area contributed by atoms with E-state index in [0.717, 1.165) is 6.39 Å². The van der Waals surface area contributed by atoms with Crippen molar-refractivity contribution in [1.29, 1.82) is 5.26 Å². The monoisotopic (exact) mass is 369 g/mol. The number of aromatic nitrogens is 1. The summed E-state index contributed by atoms with van der Waals surface area (Å²) in [4.78, 5) is 38.4. The molecule has 0 saturated heterocycles. The van der Waals surface area contributed by atoms with Gasteiger partial charge in [0.2, 0.25) is 0 Å². The third kappa shape index (κ3) is 2.95. The van der Waals surface area contributed by atoms with E-state index < -0.39 is 23.1 Å². The van der Waals surface area contributed by atoms with Gasteiger partial charge in [-0.15, -0.1) is 0 Å². The van der Waals surface area contributed by atoms with Crippen molar-refractivity contribution in [3.05, 3.63) is 57.7 Å². The summed E-state index contributed by atoms with van der Waals surface area (Å²) in [6, 6.07) is 4.94. The fourth-order valence-electron chi connectivity index (χ4n) is 2.74. The Morgan fingerprint density at radius 3 is 2.67 bits per heavy atom. The van der Waals surface area contributed by atoms with Crippen molar-refractivity contribution in [2.45, 2.75) is 13.0 Å². The lowest BCUT2D eigenvalue weighted by Crippen LogP contribution is -2.49. The smallest absolute Gasteiger partial charge is 0.416 e. The van der Waals surface area contributed by atoms with Gasteiger partial charge in [-0.25, -0.2) is 19.5 Å². The van der Waals surface area contributed by atoms with Crippen LogP contribution >= 0.6 is 0 Å². The first-order valence-electron chi connectivity index (χ1n) is 7.47. The predicted octanol–water partition coefficient (Wildman–Crippen LogP) is 2.79.